The standard InChI is InChI=1S/C16H18N4O2/c1-12-4-2-3-5-13(12)14-10-16(18-11-15(14)20(21)22)19-8-6-17-7-9-19/h2-5,10-11,17H,6-9H2,1H3. The Kier molecular flexibility index (Phi) is 4.02. The van der Waals surface area contributed by atoms with Gasteiger partial charge in [-0.15, -0.1) is 0 Å². The average molecular weight is 298 g/mol. The molecule has 0 bridgehead atoms. The van der Waals surface area contributed by atoms with Gasteiger partial charge in [0, 0.05) is 26.2 Å². The number of nitro groups is 1. The van der Waals surface area contributed by atoms with Crippen LogP contribution in [0.1, 0.15) is 5.56 Å². The van der Waals surface area contributed by atoms with Gasteiger partial charge in [-0.05, 0) is 24.1 Å². The van der Waals surface area contributed by atoms with Crippen LogP contribution in [0.3, 0.4) is 0 Å². The molecule has 1 aromatic carbocycles. The Morgan fingerprint density at radius 3 is 2.64 bits per heavy atom. The molecule has 1 N–H and O–H groups in total. The van der Waals surface area contributed by atoms with Gasteiger partial charge in [0.15, 0.2) is 0 Å². The van der Waals surface area contributed by atoms with Crippen LogP contribution in [0.4, 0.5) is 11.5 Å². The maximum absolute atomic E-state index is 11.3. The Bertz CT molecular complexity index is 696. The van der Waals surface area contributed by atoms with Crippen molar-refractivity contribution in [3.05, 3.63) is 52.2 Å². The van der Waals surface area contributed by atoms with Crippen LogP contribution in [0.25, 0.3) is 11.1 Å². The van der Waals surface area contributed by atoms with E-state index in [1.54, 1.807) is 0 Å². The fraction of sp³-hybridized carbons (Fsp3) is 0.312. The Labute approximate surface area is 128 Å². The van der Waals surface area contributed by atoms with Gasteiger partial charge < -0.3 is 10.2 Å². The van der Waals surface area contributed by atoms with Crippen LogP contribution in [-0.4, -0.2) is 36.1 Å². The lowest BCUT2D eigenvalue weighted by molar-refractivity contribution is -0.384. The van der Waals surface area contributed by atoms with E-state index >= 15 is 0 Å². The largest absolute Gasteiger partial charge is 0.354 e. The monoisotopic (exact) mass is 298 g/mol. The van der Waals surface area contributed by atoms with Crippen molar-refractivity contribution in [2.24, 2.45) is 0 Å². The number of aromatic nitrogens is 1. The van der Waals surface area contributed by atoms with E-state index in [1.165, 1.54) is 6.20 Å². The summed E-state index contributed by atoms with van der Waals surface area (Å²) in [5, 5.41) is 14.6. The summed E-state index contributed by atoms with van der Waals surface area (Å²) in [6.07, 6.45) is 1.37. The van der Waals surface area contributed by atoms with Gasteiger partial charge in [-0.3, -0.25) is 10.1 Å². The zero-order chi connectivity index (χ0) is 15.5. The molecule has 1 aromatic heterocycles. The van der Waals surface area contributed by atoms with Crippen LogP contribution in [0.5, 0.6) is 0 Å². The Morgan fingerprint density at radius 1 is 1.23 bits per heavy atom. The minimum atomic E-state index is -0.365. The fourth-order valence-corrected chi connectivity index (χ4v) is 2.74. The first kappa shape index (κ1) is 14.5. The highest BCUT2D eigenvalue weighted by Gasteiger charge is 2.21. The van der Waals surface area contributed by atoms with Gasteiger partial charge in [0.2, 0.25) is 0 Å². The molecule has 0 spiro atoms. The smallest absolute Gasteiger partial charge is 0.295 e. The normalized spacial score (nSPS) is 14.9. The molecule has 0 radical (unpaired) electrons. The Balaban J connectivity index is 2.09. The highest BCUT2D eigenvalue weighted by molar-refractivity contribution is 5.77. The van der Waals surface area contributed by atoms with Crippen molar-refractivity contribution in [2.75, 3.05) is 31.1 Å². The van der Waals surface area contributed by atoms with E-state index in [-0.39, 0.29) is 10.6 Å². The molecule has 0 atom stereocenters. The highest BCUT2D eigenvalue weighted by Crippen LogP contribution is 2.33. The molecule has 2 heterocycles. The van der Waals surface area contributed by atoms with Gasteiger partial charge in [0.25, 0.3) is 5.69 Å². The minimum absolute atomic E-state index is 0.0492. The first-order chi connectivity index (χ1) is 10.7. The van der Waals surface area contributed by atoms with E-state index in [4.69, 9.17) is 0 Å². The number of hydrogen-bond donors (Lipinski definition) is 1. The van der Waals surface area contributed by atoms with Crippen LogP contribution in [0.2, 0.25) is 0 Å². The number of rotatable bonds is 3. The molecule has 6 nitrogen and oxygen atoms in total. The highest BCUT2D eigenvalue weighted by atomic mass is 16.6. The summed E-state index contributed by atoms with van der Waals surface area (Å²) in [6, 6.07) is 9.55. The number of aryl methyl sites for hydroxylation is 1. The van der Waals surface area contributed by atoms with Crippen molar-refractivity contribution in [1.82, 2.24) is 10.3 Å². The van der Waals surface area contributed by atoms with Crippen molar-refractivity contribution in [1.29, 1.82) is 0 Å². The molecule has 22 heavy (non-hydrogen) atoms. The SMILES string of the molecule is Cc1ccccc1-c1cc(N2CCNCC2)ncc1[N+](=O)[O-]. The van der Waals surface area contributed by atoms with Crippen LogP contribution in [0, 0.1) is 17.0 Å². The maximum atomic E-state index is 11.3. The quantitative estimate of drug-likeness (QED) is 0.696. The van der Waals surface area contributed by atoms with Gasteiger partial charge in [-0.25, -0.2) is 4.98 Å². The molecule has 3 rings (SSSR count). The summed E-state index contributed by atoms with van der Waals surface area (Å²) in [5.41, 5.74) is 2.58. The van der Waals surface area contributed by atoms with Gasteiger partial charge in [0.05, 0.1) is 10.5 Å². The third-order valence-corrected chi connectivity index (χ3v) is 3.94. The average Bonchev–Trinajstić information content (AvgIpc) is 2.55. The zero-order valence-corrected chi connectivity index (χ0v) is 12.5. The lowest BCUT2D eigenvalue weighted by Crippen LogP contribution is -2.43. The summed E-state index contributed by atoms with van der Waals surface area (Å²) < 4.78 is 0. The van der Waals surface area contributed by atoms with Crippen molar-refractivity contribution in [2.45, 2.75) is 6.92 Å². The summed E-state index contributed by atoms with van der Waals surface area (Å²) in [6.45, 7) is 5.48. The molecule has 0 aliphatic carbocycles. The predicted molar refractivity (Wildman–Crippen MR) is 86.1 cm³/mol. The van der Waals surface area contributed by atoms with Gasteiger partial charge in [-0.1, -0.05) is 24.3 Å². The summed E-state index contributed by atoms with van der Waals surface area (Å²) in [4.78, 5) is 17.4. The van der Waals surface area contributed by atoms with Gasteiger partial charge in [-0.2, -0.15) is 0 Å². The topological polar surface area (TPSA) is 71.3 Å². The lowest BCUT2D eigenvalue weighted by atomic mass is 10.00. The van der Waals surface area contributed by atoms with Gasteiger partial charge in [0.1, 0.15) is 12.0 Å². The van der Waals surface area contributed by atoms with Crippen molar-refractivity contribution < 1.29 is 4.92 Å². The molecule has 0 saturated carbocycles. The second-order valence-corrected chi connectivity index (χ2v) is 5.37. The molecule has 114 valence electrons. The first-order valence-electron chi connectivity index (χ1n) is 7.33. The van der Waals surface area contributed by atoms with Crippen LogP contribution >= 0.6 is 0 Å². The first-order valence-corrected chi connectivity index (χ1v) is 7.33. The summed E-state index contributed by atoms with van der Waals surface area (Å²) in [7, 11) is 0. The van der Waals surface area contributed by atoms with E-state index < -0.39 is 0 Å². The van der Waals surface area contributed by atoms with Crippen molar-refractivity contribution in [3.8, 4) is 11.1 Å². The number of benzene rings is 1. The van der Waals surface area contributed by atoms with Crippen molar-refractivity contribution in [3.63, 3.8) is 0 Å². The van der Waals surface area contributed by atoms with Crippen LogP contribution in [-0.2, 0) is 0 Å². The molecular formula is C16H18N4O2. The third kappa shape index (κ3) is 2.78. The second-order valence-electron chi connectivity index (χ2n) is 5.37. The molecule has 0 amide bonds. The molecule has 0 unspecified atom stereocenters. The molecular weight excluding hydrogens is 280 g/mol. The molecule has 2 aromatic rings. The number of piperazine rings is 1. The number of pyridine rings is 1. The third-order valence-electron chi connectivity index (χ3n) is 3.94. The summed E-state index contributed by atoms with van der Waals surface area (Å²) >= 11 is 0. The second kappa shape index (κ2) is 6.11. The van der Waals surface area contributed by atoms with Crippen LogP contribution in [0.15, 0.2) is 36.5 Å². The van der Waals surface area contributed by atoms with E-state index in [1.807, 2.05) is 37.3 Å². The molecule has 1 fully saturated rings. The molecule has 1 saturated heterocycles. The fourth-order valence-electron chi connectivity index (χ4n) is 2.74. The zero-order valence-electron chi connectivity index (χ0n) is 12.5. The predicted octanol–water partition coefficient (Wildman–Crippen LogP) is 2.37. The van der Waals surface area contributed by atoms with Crippen LogP contribution < -0.4 is 10.2 Å². The lowest BCUT2D eigenvalue weighted by Gasteiger charge is -2.28. The van der Waals surface area contributed by atoms with E-state index in [0.717, 1.165) is 43.1 Å². The Morgan fingerprint density at radius 2 is 1.95 bits per heavy atom. The molecule has 6 heteroatoms. The van der Waals surface area contributed by atoms with E-state index in [0.29, 0.717) is 5.56 Å². The van der Waals surface area contributed by atoms with Crippen molar-refractivity contribution >= 4 is 11.5 Å². The molecule has 1 aliphatic heterocycles. The number of nitrogens with zero attached hydrogens (tertiary/aromatic N) is 3. The number of anilines is 1. The van der Waals surface area contributed by atoms with E-state index in [9.17, 15) is 10.1 Å². The maximum Gasteiger partial charge on any atom is 0.295 e. The summed E-state index contributed by atoms with van der Waals surface area (Å²) in [5.74, 6) is 0.797. The number of hydrogen-bond acceptors (Lipinski definition) is 5. The van der Waals surface area contributed by atoms with E-state index in [2.05, 4.69) is 15.2 Å². The Hall–Kier alpha value is -2.47. The number of nitrogens with one attached hydrogen (secondary N) is 1. The minimum Gasteiger partial charge on any atom is -0.354 e. The van der Waals surface area contributed by atoms with Gasteiger partial charge >= 0.3 is 0 Å². The molecule has 1 aliphatic rings.